The molecule has 3 nitrogen and oxygen atoms in total. The Kier molecular flexibility index (Phi) is 3.44. The van der Waals surface area contributed by atoms with E-state index in [1.165, 1.54) is 50.1 Å². The van der Waals surface area contributed by atoms with Crippen molar-refractivity contribution in [1.29, 1.82) is 0 Å². The van der Waals surface area contributed by atoms with E-state index in [0.717, 1.165) is 6.42 Å². The second kappa shape index (κ2) is 5.06. The molecule has 1 aromatic rings. The number of furan rings is 1. The highest BCUT2D eigenvalue weighted by atomic mass is 16.3. The molecule has 2 N–H and O–H groups in total. The highest BCUT2D eigenvalue weighted by Crippen LogP contribution is 2.37. The molecule has 1 fully saturated rings. The molecule has 3 rings (SSSR count). The molecule has 1 saturated heterocycles. The monoisotopic (exact) mass is 248 g/mol. The molecule has 0 bridgehead atoms. The van der Waals surface area contributed by atoms with Crippen molar-refractivity contribution in [2.24, 2.45) is 11.7 Å². The zero-order chi connectivity index (χ0) is 12.5. The Morgan fingerprint density at radius 3 is 2.83 bits per heavy atom. The molecular weight excluding hydrogens is 224 g/mol. The van der Waals surface area contributed by atoms with E-state index in [9.17, 15) is 0 Å². The summed E-state index contributed by atoms with van der Waals surface area (Å²) < 4.78 is 5.59. The molecule has 2 atom stereocenters. The van der Waals surface area contributed by atoms with E-state index >= 15 is 0 Å². The van der Waals surface area contributed by atoms with Crippen LogP contribution in [0.5, 0.6) is 0 Å². The summed E-state index contributed by atoms with van der Waals surface area (Å²) in [6.45, 7) is 4.54. The molecule has 0 amide bonds. The highest BCUT2D eigenvalue weighted by Gasteiger charge is 2.31. The van der Waals surface area contributed by atoms with Crippen LogP contribution in [0.2, 0.25) is 0 Å². The molecule has 1 aliphatic heterocycles. The molecule has 0 saturated carbocycles. The van der Waals surface area contributed by atoms with Gasteiger partial charge in [0, 0.05) is 24.1 Å². The Morgan fingerprint density at radius 2 is 2.11 bits per heavy atom. The van der Waals surface area contributed by atoms with Crippen molar-refractivity contribution in [1.82, 2.24) is 4.90 Å². The van der Waals surface area contributed by atoms with Gasteiger partial charge < -0.3 is 10.2 Å². The van der Waals surface area contributed by atoms with Crippen molar-refractivity contribution >= 4 is 0 Å². The van der Waals surface area contributed by atoms with E-state index in [1.807, 2.05) is 6.26 Å². The molecule has 100 valence electrons. The summed E-state index contributed by atoms with van der Waals surface area (Å²) in [6.07, 6.45) is 8.03. The van der Waals surface area contributed by atoms with Gasteiger partial charge in [-0.1, -0.05) is 0 Å². The summed E-state index contributed by atoms with van der Waals surface area (Å²) in [5.74, 6) is 1.94. The van der Waals surface area contributed by atoms with Gasteiger partial charge in [-0.05, 0) is 57.7 Å². The fourth-order valence-electron chi connectivity index (χ4n) is 3.60. The van der Waals surface area contributed by atoms with E-state index in [4.69, 9.17) is 10.2 Å². The molecular formula is C15H24N2O. The minimum Gasteiger partial charge on any atom is -0.469 e. The predicted octanol–water partition coefficient (Wildman–Crippen LogP) is 2.72. The van der Waals surface area contributed by atoms with Gasteiger partial charge in [-0.2, -0.15) is 0 Å². The van der Waals surface area contributed by atoms with Crippen molar-refractivity contribution in [3.8, 4) is 0 Å². The number of piperidine rings is 1. The Hall–Kier alpha value is -0.800. The lowest BCUT2D eigenvalue weighted by Gasteiger charge is -2.40. The van der Waals surface area contributed by atoms with Gasteiger partial charge in [0.05, 0.1) is 6.26 Å². The standard InChI is InChI=1S/C15H24N2O/c1-11(16)12-5-8-17(9-6-12)14-3-2-4-15-13(14)7-10-18-15/h7,10-12,14H,2-6,8-9,16H2,1H3. The lowest BCUT2D eigenvalue weighted by atomic mass is 9.87. The molecule has 1 aliphatic carbocycles. The third-order valence-corrected chi connectivity index (χ3v) is 4.78. The third kappa shape index (κ3) is 2.21. The van der Waals surface area contributed by atoms with Gasteiger partial charge in [0.15, 0.2) is 0 Å². The fourth-order valence-corrected chi connectivity index (χ4v) is 3.60. The number of aryl methyl sites for hydroxylation is 1. The minimum atomic E-state index is 0.350. The lowest BCUT2D eigenvalue weighted by Crippen LogP contribution is -2.42. The number of rotatable bonds is 2. The molecule has 0 aromatic carbocycles. The van der Waals surface area contributed by atoms with Crippen LogP contribution in [0, 0.1) is 5.92 Å². The second-order valence-corrected chi connectivity index (χ2v) is 5.94. The van der Waals surface area contributed by atoms with Gasteiger partial charge in [0.2, 0.25) is 0 Å². The zero-order valence-corrected chi connectivity index (χ0v) is 11.3. The summed E-state index contributed by atoms with van der Waals surface area (Å²) in [4.78, 5) is 2.65. The molecule has 3 heteroatoms. The minimum absolute atomic E-state index is 0.350. The molecule has 18 heavy (non-hydrogen) atoms. The molecule has 2 heterocycles. The first-order valence-electron chi connectivity index (χ1n) is 7.31. The van der Waals surface area contributed by atoms with Crippen LogP contribution in [-0.4, -0.2) is 24.0 Å². The van der Waals surface area contributed by atoms with Crippen molar-refractivity contribution in [3.63, 3.8) is 0 Å². The first-order chi connectivity index (χ1) is 8.75. The maximum atomic E-state index is 6.02. The van der Waals surface area contributed by atoms with Gasteiger partial charge in [-0.25, -0.2) is 0 Å². The number of fused-ring (bicyclic) bond motifs is 1. The van der Waals surface area contributed by atoms with Gasteiger partial charge in [-0.3, -0.25) is 4.90 Å². The highest BCUT2D eigenvalue weighted by molar-refractivity contribution is 5.24. The largest absolute Gasteiger partial charge is 0.469 e. The summed E-state index contributed by atoms with van der Waals surface area (Å²) in [7, 11) is 0. The summed E-state index contributed by atoms with van der Waals surface area (Å²) in [5.41, 5.74) is 7.46. The van der Waals surface area contributed by atoms with Crippen LogP contribution < -0.4 is 5.73 Å². The van der Waals surface area contributed by atoms with Crippen molar-refractivity contribution in [3.05, 3.63) is 23.7 Å². The van der Waals surface area contributed by atoms with E-state index < -0.39 is 0 Å². The maximum absolute atomic E-state index is 6.02. The SMILES string of the molecule is CC(N)C1CCN(C2CCCc3occc32)CC1. The quantitative estimate of drug-likeness (QED) is 0.875. The summed E-state index contributed by atoms with van der Waals surface area (Å²) >= 11 is 0. The van der Waals surface area contributed by atoms with Gasteiger partial charge >= 0.3 is 0 Å². The number of hydrogen-bond donors (Lipinski definition) is 1. The number of nitrogens with zero attached hydrogens (tertiary/aromatic N) is 1. The molecule has 0 spiro atoms. The zero-order valence-electron chi connectivity index (χ0n) is 11.3. The van der Waals surface area contributed by atoms with Gasteiger partial charge in [0.1, 0.15) is 5.76 Å². The normalized spacial score (nSPS) is 28.0. The Morgan fingerprint density at radius 1 is 1.33 bits per heavy atom. The average Bonchev–Trinajstić information content (AvgIpc) is 2.87. The van der Waals surface area contributed by atoms with Crippen LogP contribution in [-0.2, 0) is 6.42 Å². The number of nitrogens with two attached hydrogens (primary N) is 1. The van der Waals surface area contributed by atoms with Crippen LogP contribution in [0.1, 0.15) is 50.0 Å². The van der Waals surface area contributed by atoms with Crippen molar-refractivity contribution in [2.75, 3.05) is 13.1 Å². The Balaban J connectivity index is 1.68. The van der Waals surface area contributed by atoms with Crippen LogP contribution >= 0.6 is 0 Å². The first-order valence-corrected chi connectivity index (χ1v) is 7.31. The smallest absolute Gasteiger partial charge is 0.108 e. The fraction of sp³-hybridized carbons (Fsp3) is 0.733. The van der Waals surface area contributed by atoms with Crippen molar-refractivity contribution in [2.45, 2.75) is 51.1 Å². The topological polar surface area (TPSA) is 42.4 Å². The number of hydrogen-bond acceptors (Lipinski definition) is 3. The van der Waals surface area contributed by atoms with Crippen LogP contribution in [0.4, 0.5) is 0 Å². The van der Waals surface area contributed by atoms with E-state index in [1.54, 1.807) is 0 Å². The Bertz CT molecular complexity index is 391. The lowest BCUT2D eigenvalue weighted by molar-refractivity contribution is 0.112. The summed E-state index contributed by atoms with van der Waals surface area (Å²) in [6, 6.07) is 3.13. The molecule has 2 unspecified atom stereocenters. The van der Waals surface area contributed by atoms with Gasteiger partial charge in [-0.15, -0.1) is 0 Å². The molecule has 2 aliphatic rings. The average molecular weight is 248 g/mol. The van der Waals surface area contributed by atoms with Crippen molar-refractivity contribution < 1.29 is 4.42 Å². The number of likely N-dealkylation sites (tertiary alicyclic amines) is 1. The maximum Gasteiger partial charge on any atom is 0.108 e. The van der Waals surface area contributed by atoms with E-state index in [0.29, 0.717) is 18.0 Å². The third-order valence-electron chi connectivity index (χ3n) is 4.78. The van der Waals surface area contributed by atoms with Gasteiger partial charge in [0.25, 0.3) is 0 Å². The van der Waals surface area contributed by atoms with E-state index in [-0.39, 0.29) is 0 Å². The van der Waals surface area contributed by atoms with Crippen LogP contribution in [0.3, 0.4) is 0 Å². The molecule has 0 radical (unpaired) electrons. The Labute approximate surface area is 109 Å². The second-order valence-electron chi connectivity index (χ2n) is 5.94. The van der Waals surface area contributed by atoms with Crippen LogP contribution in [0.25, 0.3) is 0 Å². The first kappa shape index (κ1) is 12.2. The predicted molar refractivity (Wildman–Crippen MR) is 72.3 cm³/mol. The van der Waals surface area contributed by atoms with Crippen LogP contribution in [0.15, 0.2) is 16.7 Å². The molecule has 1 aromatic heterocycles. The van der Waals surface area contributed by atoms with E-state index in [2.05, 4.69) is 17.9 Å². The summed E-state index contributed by atoms with van der Waals surface area (Å²) in [5, 5.41) is 0.